The Morgan fingerprint density at radius 3 is 1.71 bits per heavy atom. The number of furan rings is 2. The van der Waals surface area contributed by atoms with Crippen molar-refractivity contribution in [1.82, 2.24) is 19.9 Å². The molecule has 0 saturated heterocycles. The molecule has 7 N–H and O–H groups in total. The number of nitrogens with one attached hydrogen (secondary N) is 1. The highest BCUT2D eigenvalue weighted by atomic mass is 35.5. The van der Waals surface area contributed by atoms with E-state index in [1.807, 2.05) is 0 Å². The summed E-state index contributed by atoms with van der Waals surface area (Å²) in [4.78, 5) is 16.7. The van der Waals surface area contributed by atoms with Gasteiger partial charge in [-0.1, -0.05) is 11.6 Å². The van der Waals surface area contributed by atoms with Gasteiger partial charge in [-0.25, -0.2) is 19.9 Å². The van der Waals surface area contributed by atoms with Crippen molar-refractivity contribution in [3.05, 3.63) is 40.5 Å². The van der Waals surface area contributed by atoms with Crippen molar-refractivity contribution in [2.75, 3.05) is 5.32 Å². The summed E-state index contributed by atoms with van der Waals surface area (Å²) >= 11 is 5.97. The third kappa shape index (κ3) is 6.35. The maximum absolute atomic E-state index is 5.97. The predicted molar refractivity (Wildman–Crippen MR) is 161 cm³/mol. The lowest BCUT2D eigenvalue weighted by Gasteiger charge is -2.27. The van der Waals surface area contributed by atoms with Crippen LogP contribution < -0.4 is 22.5 Å². The first-order valence-electron chi connectivity index (χ1n) is 15.2. The van der Waals surface area contributed by atoms with Crippen molar-refractivity contribution in [2.24, 2.45) is 17.2 Å². The van der Waals surface area contributed by atoms with Crippen LogP contribution in [0.2, 0.25) is 5.15 Å². The minimum atomic E-state index is 0.372. The average Bonchev–Trinajstić information content (AvgIpc) is 3.74. The molecule has 11 heteroatoms. The first-order chi connectivity index (χ1) is 20.0. The van der Waals surface area contributed by atoms with E-state index in [0.29, 0.717) is 35.0 Å². The smallest absolute Gasteiger partial charge is 0.231 e. The molecule has 4 aliphatic carbocycles. The first kappa shape index (κ1) is 28.3. The monoisotopic (exact) mass is 580 g/mol. The minimum Gasteiger partial charge on any atom is -0.442 e. The number of aryl methyl sites for hydroxylation is 4. The van der Waals surface area contributed by atoms with E-state index >= 15 is 0 Å². The molecular weight excluding hydrogens is 540 g/mol. The van der Waals surface area contributed by atoms with Gasteiger partial charge < -0.3 is 31.4 Å². The van der Waals surface area contributed by atoms with Gasteiger partial charge in [-0.15, -0.1) is 0 Å². The highest BCUT2D eigenvalue weighted by Crippen LogP contribution is 2.36. The quantitative estimate of drug-likeness (QED) is 0.237. The molecule has 0 amide bonds. The average molecular weight is 581 g/mol. The van der Waals surface area contributed by atoms with Crippen LogP contribution in [0.5, 0.6) is 0 Å². The van der Waals surface area contributed by atoms with Gasteiger partial charge in [0.15, 0.2) is 0 Å². The summed E-state index contributed by atoms with van der Waals surface area (Å²) in [5, 5.41) is 6.12. The molecule has 10 nitrogen and oxygen atoms in total. The van der Waals surface area contributed by atoms with Gasteiger partial charge in [-0.05, 0) is 77.0 Å². The lowest BCUT2D eigenvalue weighted by molar-refractivity contribution is 0.395. The summed E-state index contributed by atoms with van der Waals surface area (Å²) < 4.78 is 11.4. The number of nitrogens with two attached hydrogens (primary N) is 3. The lowest BCUT2D eigenvalue weighted by atomic mass is 9.92. The Morgan fingerprint density at radius 2 is 1.12 bits per heavy atom. The molecule has 0 unspecified atom stereocenters. The molecule has 0 bridgehead atoms. The Morgan fingerprint density at radius 1 is 0.634 bits per heavy atom. The van der Waals surface area contributed by atoms with E-state index in [9.17, 15) is 0 Å². The van der Waals surface area contributed by atoms with Crippen molar-refractivity contribution in [2.45, 2.75) is 114 Å². The molecule has 0 aromatic carbocycles. The topological polar surface area (TPSA) is 168 Å². The second-order valence-electron chi connectivity index (χ2n) is 11.9. The molecule has 2 fully saturated rings. The summed E-state index contributed by atoms with van der Waals surface area (Å²) in [6.07, 6.45) is 18.4. The number of hydrogen-bond donors (Lipinski definition) is 4. The van der Waals surface area contributed by atoms with Crippen LogP contribution in [-0.2, 0) is 25.7 Å². The van der Waals surface area contributed by atoms with Crippen molar-refractivity contribution in [3.63, 3.8) is 0 Å². The van der Waals surface area contributed by atoms with Crippen LogP contribution in [0.15, 0.2) is 21.5 Å². The lowest BCUT2D eigenvalue weighted by Crippen LogP contribution is -2.33. The van der Waals surface area contributed by atoms with Crippen LogP contribution in [0.25, 0.3) is 22.2 Å². The largest absolute Gasteiger partial charge is 0.442 e. The van der Waals surface area contributed by atoms with Crippen LogP contribution in [0.3, 0.4) is 0 Å². The second kappa shape index (κ2) is 12.6. The summed E-state index contributed by atoms with van der Waals surface area (Å²) in [7, 11) is 0. The second-order valence-corrected chi connectivity index (χ2v) is 12.3. The Balaban J connectivity index is 0.000000123. The molecule has 0 atom stereocenters. The Bertz CT molecular complexity index is 1460. The fourth-order valence-electron chi connectivity index (χ4n) is 6.53. The van der Waals surface area contributed by atoms with Crippen molar-refractivity contribution < 1.29 is 8.83 Å². The summed E-state index contributed by atoms with van der Waals surface area (Å²) in [5.41, 5.74) is 21.1. The van der Waals surface area contributed by atoms with Crippen molar-refractivity contribution >= 4 is 39.6 Å². The van der Waals surface area contributed by atoms with Gasteiger partial charge in [0.05, 0.1) is 10.8 Å². The normalized spacial score (nSPS) is 25.2. The molecule has 4 aliphatic rings. The summed E-state index contributed by atoms with van der Waals surface area (Å²) in [5.74, 6) is 3.09. The van der Waals surface area contributed by atoms with E-state index in [4.69, 9.17) is 37.6 Å². The van der Waals surface area contributed by atoms with Gasteiger partial charge in [-0.3, -0.25) is 0 Å². The van der Waals surface area contributed by atoms with Crippen LogP contribution >= 0.6 is 11.6 Å². The zero-order chi connectivity index (χ0) is 28.3. The molecule has 0 spiro atoms. The maximum Gasteiger partial charge on any atom is 0.231 e. The Labute approximate surface area is 245 Å². The van der Waals surface area contributed by atoms with E-state index in [-0.39, 0.29) is 0 Å². The van der Waals surface area contributed by atoms with E-state index < -0.39 is 0 Å². The van der Waals surface area contributed by atoms with Crippen molar-refractivity contribution in [1.29, 1.82) is 0 Å². The van der Waals surface area contributed by atoms with Gasteiger partial charge in [-0.2, -0.15) is 0 Å². The molecule has 4 heterocycles. The number of halogens is 1. The van der Waals surface area contributed by atoms with Gasteiger partial charge >= 0.3 is 0 Å². The van der Waals surface area contributed by atoms with Crippen LogP contribution in [0, 0.1) is 0 Å². The van der Waals surface area contributed by atoms with Crippen LogP contribution in [0.1, 0.15) is 86.9 Å². The molecule has 4 aromatic heterocycles. The number of anilines is 1. The first-order valence-corrected chi connectivity index (χ1v) is 15.5. The zero-order valence-electron chi connectivity index (χ0n) is 23.6. The third-order valence-corrected chi connectivity index (χ3v) is 9.17. The molecule has 2 saturated carbocycles. The minimum absolute atomic E-state index is 0.372. The fourth-order valence-corrected chi connectivity index (χ4v) is 6.77. The fraction of sp³-hybridized carbons (Fsp3) is 0.600. The highest BCUT2D eigenvalue weighted by molar-refractivity contribution is 6.34. The number of hydrogen-bond acceptors (Lipinski definition) is 10. The number of rotatable bonds is 2. The molecule has 0 aliphatic heterocycles. The number of fused-ring (bicyclic) bond motifs is 6. The van der Waals surface area contributed by atoms with Gasteiger partial charge in [0.1, 0.15) is 35.1 Å². The molecule has 220 valence electrons. The SMILES string of the molecule is Clc1ncnc2oc3c(c12)CCC3.NC1CCC(N)CC1.NC1CCC(Nc2ncnc3oc4c(c23)CCC4)CC1. The standard InChI is InChI=1S/C15H20N4O.C9H7ClN2O.C6H14N2/c16-9-4-6-10(7-5-9)19-14-13-11-2-1-3-12(11)20-15(13)18-8-17-14;10-8-7-5-2-1-3-6(5)13-9(7)12-4-11-8;7-5-1-2-6(8)4-3-5/h8-10H,1-7,16H2,(H,17,18,19);4H,1-3H2;5-6H,1-4,7-8H2. The van der Waals surface area contributed by atoms with Crippen LogP contribution in [-0.4, -0.2) is 44.1 Å². The third-order valence-electron chi connectivity index (χ3n) is 8.89. The van der Waals surface area contributed by atoms with Crippen LogP contribution in [0.4, 0.5) is 5.82 Å². The van der Waals surface area contributed by atoms with Gasteiger partial charge in [0, 0.05) is 48.1 Å². The maximum atomic E-state index is 5.97. The van der Waals surface area contributed by atoms with E-state index in [0.717, 1.165) is 117 Å². The summed E-state index contributed by atoms with van der Waals surface area (Å²) in [6, 6.07) is 1.72. The highest BCUT2D eigenvalue weighted by Gasteiger charge is 2.25. The molecule has 4 aromatic rings. The Kier molecular flexibility index (Phi) is 8.71. The zero-order valence-corrected chi connectivity index (χ0v) is 24.3. The van der Waals surface area contributed by atoms with E-state index in [1.54, 1.807) is 6.33 Å². The van der Waals surface area contributed by atoms with Gasteiger partial charge in [0.2, 0.25) is 11.4 Å². The predicted octanol–water partition coefficient (Wildman–Crippen LogP) is 4.97. The van der Waals surface area contributed by atoms with E-state index in [2.05, 4.69) is 25.3 Å². The molecule has 8 rings (SSSR count). The molecule has 41 heavy (non-hydrogen) atoms. The molecular formula is C30H41ClN8O2. The molecule has 0 radical (unpaired) electrons. The number of aromatic nitrogens is 4. The van der Waals surface area contributed by atoms with E-state index in [1.165, 1.54) is 23.9 Å². The van der Waals surface area contributed by atoms with Gasteiger partial charge in [0.25, 0.3) is 0 Å². The summed E-state index contributed by atoms with van der Waals surface area (Å²) in [6.45, 7) is 0. The van der Waals surface area contributed by atoms with Crippen molar-refractivity contribution in [3.8, 4) is 0 Å². The Hall–Kier alpha value is -2.79. The number of nitrogens with zero attached hydrogens (tertiary/aromatic N) is 4.